The quantitative estimate of drug-likeness (QED) is 0.900. The Labute approximate surface area is 151 Å². The highest BCUT2D eigenvalue weighted by atomic mass is 35.5. The molecule has 0 spiro atoms. The largest absolute Gasteiger partial charge is 0.381 e. The van der Waals surface area contributed by atoms with Crippen LogP contribution in [0.3, 0.4) is 0 Å². The second-order valence-electron chi connectivity index (χ2n) is 6.06. The number of piperidine rings is 1. The van der Waals surface area contributed by atoms with Gasteiger partial charge in [0.1, 0.15) is 6.04 Å². The van der Waals surface area contributed by atoms with Crippen molar-refractivity contribution >= 4 is 17.6 Å². The van der Waals surface area contributed by atoms with Crippen molar-refractivity contribution in [2.45, 2.75) is 31.9 Å². The van der Waals surface area contributed by atoms with Gasteiger partial charge in [-0.15, -0.1) is 0 Å². The molecule has 0 unspecified atom stereocenters. The summed E-state index contributed by atoms with van der Waals surface area (Å²) in [6.07, 6.45) is 1.93. The van der Waals surface area contributed by atoms with E-state index in [0.717, 1.165) is 18.4 Å². The highest BCUT2D eigenvalue weighted by Gasteiger charge is 2.25. The van der Waals surface area contributed by atoms with Gasteiger partial charge in [-0.25, -0.2) is 4.79 Å². The summed E-state index contributed by atoms with van der Waals surface area (Å²) >= 11 is 5.88. The van der Waals surface area contributed by atoms with Crippen LogP contribution in [0, 0.1) is 0 Å². The molecule has 0 radical (unpaired) electrons. The van der Waals surface area contributed by atoms with E-state index in [1.807, 2.05) is 19.1 Å². The molecule has 7 nitrogen and oxygen atoms in total. The average Bonchev–Trinajstić information content (AvgIpc) is 3.12. The molecule has 2 heterocycles. The van der Waals surface area contributed by atoms with Gasteiger partial charge in [0.05, 0.1) is 6.10 Å². The standard InChI is InChI=1S/C17H21ClN4O3/c1-11(19-17(23)22-9-7-14(24-2)8-10-22)16-20-15(21-25-16)12-3-5-13(18)6-4-12/h3-6,11,14H,7-10H2,1-2H3,(H,19,23)/t11-/m0/s1. The Morgan fingerprint density at radius 2 is 2.04 bits per heavy atom. The molecule has 0 bridgehead atoms. The maximum atomic E-state index is 12.4. The Morgan fingerprint density at radius 3 is 2.68 bits per heavy atom. The molecule has 2 aromatic rings. The molecule has 1 aromatic heterocycles. The topological polar surface area (TPSA) is 80.5 Å². The number of carbonyl (C=O) groups is 1. The van der Waals surface area contributed by atoms with Gasteiger partial charge in [0.15, 0.2) is 0 Å². The van der Waals surface area contributed by atoms with Crippen LogP contribution in [-0.4, -0.2) is 47.4 Å². The second kappa shape index (κ2) is 7.84. The number of nitrogens with zero attached hydrogens (tertiary/aromatic N) is 3. The molecule has 1 fully saturated rings. The number of hydrogen-bond donors (Lipinski definition) is 1. The number of halogens is 1. The van der Waals surface area contributed by atoms with E-state index in [-0.39, 0.29) is 18.2 Å². The van der Waals surface area contributed by atoms with Gasteiger partial charge >= 0.3 is 6.03 Å². The van der Waals surface area contributed by atoms with Crippen molar-refractivity contribution in [1.82, 2.24) is 20.4 Å². The minimum atomic E-state index is -0.374. The van der Waals surface area contributed by atoms with Crippen molar-refractivity contribution in [3.05, 3.63) is 35.2 Å². The predicted octanol–water partition coefficient (Wildman–Crippen LogP) is 3.27. The first-order valence-corrected chi connectivity index (χ1v) is 8.62. The van der Waals surface area contributed by atoms with Gasteiger partial charge in [0, 0.05) is 30.8 Å². The van der Waals surface area contributed by atoms with E-state index in [1.54, 1.807) is 24.1 Å². The first-order valence-electron chi connectivity index (χ1n) is 8.24. The molecule has 2 amide bonds. The minimum Gasteiger partial charge on any atom is -0.381 e. The van der Waals surface area contributed by atoms with Crippen LogP contribution in [0.1, 0.15) is 31.7 Å². The molecular weight excluding hydrogens is 344 g/mol. The number of amides is 2. The number of rotatable bonds is 4. The van der Waals surface area contributed by atoms with E-state index < -0.39 is 0 Å². The fourth-order valence-electron chi connectivity index (χ4n) is 2.76. The third-order valence-corrected chi connectivity index (χ3v) is 4.57. The van der Waals surface area contributed by atoms with Gasteiger partial charge in [-0.05, 0) is 44.0 Å². The van der Waals surface area contributed by atoms with Crippen LogP contribution in [-0.2, 0) is 4.74 Å². The first-order chi connectivity index (χ1) is 12.1. The fraction of sp³-hybridized carbons (Fsp3) is 0.471. The highest BCUT2D eigenvalue weighted by Crippen LogP contribution is 2.21. The van der Waals surface area contributed by atoms with Gasteiger partial charge in [0.25, 0.3) is 0 Å². The van der Waals surface area contributed by atoms with E-state index >= 15 is 0 Å². The highest BCUT2D eigenvalue weighted by molar-refractivity contribution is 6.30. The zero-order chi connectivity index (χ0) is 17.8. The van der Waals surface area contributed by atoms with Crippen LogP contribution in [0.4, 0.5) is 4.79 Å². The van der Waals surface area contributed by atoms with Crippen molar-refractivity contribution in [2.24, 2.45) is 0 Å². The van der Waals surface area contributed by atoms with Gasteiger partial charge in [-0.1, -0.05) is 16.8 Å². The minimum absolute atomic E-state index is 0.131. The van der Waals surface area contributed by atoms with E-state index in [0.29, 0.717) is 29.8 Å². The number of ether oxygens (including phenoxy) is 1. The summed E-state index contributed by atoms with van der Waals surface area (Å²) in [5.74, 6) is 0.832. The van der Waals surface area contributed by atoms with E-state index in [1.165, 1.54) is 0 Å². The Kier molecular flexibility index (Phi) is 5.55. The Hall–Kier alpha value is -2.12. The van der Waals surface area contributed by atoms with E-state index in [9.17, 15) is 4.79 Å². The van der Waals surface area contributed by atoms with Crippen molar-refractivity contribution in [3.63, 3.8) is 0 Å². The number of likely N-dealkylation sites (tertiary alicyclic amines) is 1. The maximum absolute atomic E-state index is 12.4. The molecule has 1 aromatic carbocycles. The van der Waals surface area contributed by atoms with Crippen LogP contribution >= 0.6 is 11.6 Å². The van der Waals surface area contributed by atoms with Crippen LogP contribution < -0.4 is 5.32 Å². The fourth-order valence-corrected chi connectivity index (χ4v) is 2.89. The number of carbonyl (C=O) groups excluding carboxylic acids is 1. The summed E-state index contributed by atoms with van der Waals surface area (Å²) < 4.78 is 10.6. The average molecular weight is 365 g/mol. The van der Waals surface area contributed by atoms with Gasteiger partial charge in [0.2, 0.25) is 11.7 Å². The monoisotopic (exact) mass is 364 g/mol. The number of urea groups is 1. The molecule has 1 aliphatic rings. The van der Waals surface area contributed by atoms with Crippen molar-refractivity contribution in [1.29, 1.82) is 0 Å². The number of aromatic nitrogens is 2. The smallest absolute Gasteiger partial charge is 0.318 e. The normalized spacial score (nSPS) is 16.7. The molecule has 1 N–H and O–H groups in total. The lowest BCUT2D eigenvalue weighted by molar-refractivity contribution is 0.0499. The summed E-state index contributed by atoms with van der Waals surface area (Å²) in [6.45, 7) is 3.17. The van der Waals surface area contributed by atoms with E-state index in [4.69, 9.17) is 20.9 Å². The van der Waals surface area contributed by atoms with Gasteiger partial charge in [-0.3, -0.25) is 0 Å². The summed E-state index contributed by atoms with van der Waals surface area (Å²) in [4.78, 5) is 18.5. The summed E-state index contributed by atoms with van der Waals surface area (Å²) in [6, 6.07) is 6.67. The Balaban J connectivity index is 1.59. The lowest BCUT2D eigenvalue weighted by Gasteiger charge is -2.31. The molecular formula is C17H21ClN4O3. The molecule has 1 saturated heterocycles. The summed E-state index contributed by atoms with van der Waals surface area (Å²) in [5, 5.41) is 7.51. The molecule has 134 valence electrons. The third-order valence-electron chi connectivity index (χ3n) is 4.32. The molecule has 1 aliphatic heterocycles. The predicted molar refractivity (Wildman–Crippen MR) is 93.3 cm³/mol. The number of methoxy groups -OCH3 is 1. The van der Waals surface area contributed by atoms with Crippen LogP contribution in [0.15, 0.2) is 28.8 Å². The molecule has 1 atom stereocenters. The van der Waals surface area contributed by atoms with Crippen LogP contribution in [0.2, 0.25) is 5.02 Å². The molecule has 0 saturated carbocycles. The van der Waals surface area contributed by atoms with Crippen molar-refractivity contribution in [3.8, 4) is 11.4 Å². The molecule has 8 heteroatoms. The lowest BCUT2D eigenvalue weighted by atomic mass is 10.1. The zero-order valence-corrected chi connectivity index (χ0v) is 15.0. The van der Waals surface area contributed by atoms with E-state index in [2.05, 4.69) is 15.5 Å². The summed E-state index contributed by atoms with van der Waals surface area (Å²) in [7, 11) is 1.70. The van der Waals surface area contributed by atoms with Crippen molar-refractivity contribution < 1.29 is 14.1 Å². The SMILES string of the molecule is COC1CCN(C(=O)N[C@@H](C)c2nc(-c3ccc(Cl)cc3)no2)CC1. The first kappa shape index (κ1) is 17.7. The summed E-state index contributed by atoms with van der Waals surface area (Å²) in [5.41, 5.74) is 0.805. The second-order valence-corrected chi connectivity index (χ2v) is 6.49. The van der Waals surface area contributed by atoms with Crippen LogP contribution in [0.5, 0.6) is 0 Å². The molecule has 3 rings (SSSR count). The molecule has 0 aliphatic carbocycles. The lowest BCUT2D eigenvalue weighted by Crippen LogP contribution is -2.46. The third kappa shape index (κ3) is 4.29. The maximum Gasteiger partial charge on any atom is 0.318 e. The number of benzene rings is 1. The molecule has 25 heavy (non-hydrogen) atoms. The van der Waals surface area contributed by atoms with Gasteiger partial charge < -0.3 is 19.5 Å². The Bertz CT molecular complexity index is 711. The Morgan fingerprint density at radius 1 is 1.36 bits per heavy atom. The number of nitrogens with one attached hydrogen (secondary N) is 1. The van der Waals surface area contributed by atoms with Gasteiger partial charge in [-0.2, -0.15) is 4.98 Å². The zero-order valence-electron chi connectivity index (χ0n) is 14.2. The number of hydrogen-bond acceptors (Lipinski definition) is 5. The van der Waals surface area contributed by atoms with Crippen molar-refractivity contribution in [2.75, 3.05) is 20.2 Å². The van der Waals surface area contributed by atoms with Crippen LogP contribution in [0.25, 0.3) is 11.4 Å².